The number of nitrogens with two attached hydrogens (primary N) is 1. The predicted molar refractivity (Wildman–Crippen MR) is 91.4 cm³/mol. The molecule has 23 heavy (non-hydrogen) atoms. The van der Waals surface area contributed by atoms with Crippen molar-refractivity contribution in [2.24, 2.45) is 17.1 Å². The number of carbonyl (C=O) groups is 2. The first-order chi connectivity index (χ1) is 10.5. The summed E-state index contributed by atoms with van der Waals surface area (Å²) in [5.41, 5.74) is 5.39. The lowest BCUT2D eigenvalue weighted by atomic mass is 9.78. The fourth-order valence-corrected chi connectivity index (χ4v) is 3.53. The summed E-state index contributed by atoms with van der Waals surface area (Å²) >= 11 is 0. The standard InChI is InChI=1S/C16H29N3O3.ClH/c1-19(2)14(20)12-4-3-5-13(10-12)18-15(21)16(11-17)6-8-22-9-7-16;/h12-13H,3-11,17H2,1-2H3,(H,18,21);1H. The number of hydrogen-bond donors (Lipinski definition) is 2. The van der Waals surface area contributed by atoms with Crippen molar-refractivity contribution in [3.63, 3.8) is 0 Å². The molecule has 0 bridgehead atoms. The number of hydrogen-bond acceptors (Lipinski definition) is 4. The Morgan fingerprint density at radius 1 is 1.26 bits per heavy atom. The van der Waals surface area contributed by atoms with Gasteiger partial charge in [0.25, 0.3) is 0 Å². The third kappa shape index (κ3) is 4.81. The van der Waals surface area contributed by atoms with E-state index in [1.54, 1.807) is 19.0 Å². The summed E-state index contributed by atoms with van der Waals surface area (Å²) in [6, 6.07) is 0.0846. The minimum absolute atomic E-state index is 0. The van der Waals surface area contributed by atoms with Crippen LogP contribution in [-0.2, 0) is 14.3 Å². The zero-order chi connectivity index (χ0) is 16.2. The van der Waals surface area contributed by atoms with Gasteiger partial charge in [0.15, 0.2) is 0 Å². The molecule has 2 amide bonds. The van der Waals surface area contributed by atoms with Crippen molar-refractivity contribution in [3.05, 3.63) is 0 Å². The number of nitrogens with zero attached hydrogens (tertiary/aromatic N) is 1. The summed E-state index contributed by atoms with van der Waals surface area (Å²) in [6.07, 6.45) is 4.94. The van der Waals surface area contributed by atoms with Gasteiger partial charge in [0.2, 0.25) is 11.8 Å². The van der Waals surface area contributed by atoms with Crippen LogP contribution >= 0.6 is 12.4 Å². The summed E-state index contributed by atoms with van der Waals surface area (Å²) in [5, 5.41) is 3.16. The molecule has 0 spiro atoms. The molecule has 2 fully saturated rings. The van der Waals surface area contributed by atoms with E-state index in [2.05, 4.69) is 5.32 Å². The van der Waals surface area contributed by atoms with Crippen molar-refractivity contribution in [3.8, 4) is 0 Å². The third-order valence-electron chi connectivity index (χ3n) is 5.12. The second kappa shape index (κ2) is 8.85. The van der Waals surface area contributed by atoms with Gasteiger partial charge in [-0.1, -0.05) is 6.42 Å². The van der Waals surface area contributed by atoms with Crippen LogP contribution in [-0.4, -0.2) is 56.6 Å². The van der Waals surface area contributed by atoms with E-state index in [1.807, 2.05) is 0 Å². The highest BCUT2D eigenvalue weighted by molar-refractivity contribution is 5.85. The van der Waals surface area contributed by atoms with E-state index in [4.69, 9.17) is 10.5 Å². The van der Waals surface area contributed by atoms with E-state index < -0.39 is 5.41 Å². The molecule has 1 aliphatic heterocycles. The molecule has 1 saturated heterocycles. The van der Waals surface area contributed by atoms with Crippen molar-refractivity contribution in [2.75, 3.05) is 33.9 Å². The van der Waals surface area contributed by atoms with Gasteiger partial charge < -0.3 is 20.7 Å². The van der Waals surface area contributed by atoms with Gasteiger partial charge in [-0.05, 0) is 32.1 Å². The Balaban J connectivity index is 0.00000264. The number of halogens is 1. The summed E-state index contributed by atoms with van der Waals surface area (Å²) in [5.74, 6) is 0.234. The van der Waals surface area contributed by atoms with Crippen LogP contribution < -0.4 is 11.1 Å². The first kappa shape index (κ1) is 20.2. The highest BCUT2D eigenvalue weighted by Gasteiger charge is 2.40. The molecule has 2 rings (SSSR count). The fraction of sp³-hybridized carbons (Fsp3) is 0.875. The SMILES string of the molecule is CN(C)C(=O)C1CCCC(NC(=O)C2(CN)CCOCC2)C1.Cl. The molecule has 1 aliphatic carbocycles. The molecule has 134 valence electrons. The molecule has 0 aromatic carbocycles. The van der Waals surface area contributed by atoms with Crippen LogP contribution in [0.2, 0.25) is 0 Å². The maximum Gasteiger partial charge on any atom is 0.227 e. The van der Waals surface area contributed by atoms with Crippen molar-refractivity contribution in [1.29, 1.82) is 0 Å². The maximum absolute atomic E-state index is 12.7. The van der Waals surface area contributed by atoms with Gasteiger partial charge >= 0.3 is 0 Å². The number of amides is 2. The van der Waals surface area contributed by atoms with Crippen LogP contribution in [0.25, 0.3) is 0 Å². The van der Waals surface area contributed by atoms with Gasteiger partial charge in [-0.3, -0.25) is 9.59 Å². The van der Waals surface area contributed by atoms with E-state index in [-0.39, 0.29) is 36.2 Å². The van der Waals surface area contributed by atoms with E-state index in [0.29, 0.717) is 32.6 Å². The molecule has 0 radical (unpaired) electrons. The minimum Gasteiger partial charge on any atom is -0.381 e. The van der Waals surface area contributed by atoms with Gasteiger partial charge in [-0.25, -0.2) is 0 Å². The second-order valence-electron chi connectivity index (χ2n) is 6.86. The van der Waals surface area contributed by atoms with Crippen LogP contribution in [0.1, 0.15) is 38.5 Å². The molecular weight excluding hydrogens is 318 g/mol. The molecule has 2 atom stereocenters. The van der Waals surface area contributed by atoms with Crippen molar-refractivity contribution < 1.29 is 14.3 Å². The second-order valence-corrected chi connectivity index (χ2v) is 6.86. The van der Waals surface area contributed by atoms with Crippen molar-refractivity contribution >= 4 is 24.2 Å². The molecule has 2 aliphatic rings. The molecule has 7 heteroatoms. The molecule has 0 aromatic heterocycles. The highest BCUT2D eigenvalue weighted by atomic mass is 35.5. The molecule has 6 nitrogen and oxygen atoms in total. The van der Waals surface area contributed by atoms with Gasteiger partial charge in [0, 0.05) is 45.8 Å². The number of ether oxygens (including phenoxy) is 1. The Morgan fingerprint density at radius 3 is 2.48 bits per heavy atom. The Bertz CT molecular complexity index is 411. The Hall–Kier alpha value is -0.850. The average Bonchev–Trinajstić information content (AvgIpc) is 2.54. The van der Waals surface area contributed by atoms with Crippen LogP contribution in [0.5, 0.6) is 0 Å². The normalized spacial score (nSPS) is 26.7. The molecule has 2 unspecified atom stereocenters. The van der Waals surface area contributed by atoms with Gasteiger partial charge in [0.1, 0.15) is 0 Å². The van der Waals surface area contributed by atoms with E-state index in [0.717, 1.165) is 25.7 Å². The number of nitrogens with one attached hydrogen (secondary N) is 1. The predicted octanol–water partition coefficient (Wildman–Crippen LogP) is 0.927. The first-order valence-electron chi connectivity index (χ1n) is 8.28. The van der Waals surface area contributed by atoms with Crippen LogP contribution in [0.4, 0.5) is 0 Å². The largest absolute Gasteiger partial charge is 0.381 e. The third-order valence-corrected chi connectivity index (χ3v) is 5.12. The van der Waals surface area contributed by atoms with E-state index in [1.165, 1.54) is 0 Å². The molecular formula is C16H30ClN3O3. The number of carbonyl (C=O) groups excluding carboxylic acids is 2. The Morgan fingerprint density at radius 2 is 1.91 bits per heavy atom. The minimum atomic E-state index is -0.489. The smallest absolute Gasteiger partial charge is 0.227 e. The van der Waals surface area contributed by atoms with Gasteiger partial charge in [-0.2, -0.15) is 0 Å². The van der Waals surface area contributed by atoms with Gasteiger partial charge in [0.05, 0.1) is 5.41 Å². The summed E-state index contributed by atoms with van der Waals surface area (Å²) in [4.78, 5) is 26.5. The van der Waals surface area contributed by atoms with Crippen LogP contribution in [0.3, 0.4) is 0 Å². The van der Waals surface area contributed by atoms with Crippen LogP contribution in [0.15, 0.2) is 0 Å². The van der Waals surface area contributed by atoms with Crippen molar-refractivity contribution in [1.82, 2.24) is 10.2 Å². The lowest BCUT2D eigenvalue weighted by Crippen LogP contribution is -2.53. The zero-order valence-corrected chi connectivity index (χ0v) is 15.0. The maximum atomic E-state index is 12.7. The lowest BCUT2D eigenvalue weighted by molar-refractivity contribution is -0.139. The molecule has 0 aromatic rings. The average molecular weight is 348 g/mol. The van der Waals surface area contributed by atoms with E-state index >= 15 is 0 Å². The zero-order valence-electron chi connectivity index (χ0n) is 14.2. The summed E-state index contributed by atoms with van der Waals surface area (Å²) in [7, 11) is 3.58. The Labute approximate surface area is 144 Å². The highest BCUT2D eigenvalue weighted by Crippen LogP contribution is 2.31. The van der Waals surface area contributed by atoms with Gasteiger partial charge in [-0.15, -0.1) is 12.4 Å². The monoisotopic (exact) mass is 347 g/mol. The number of rotatable bonds is 4. The Kier molecular flexibility index (Phi) is 7.77. The molecule has 1 saturated carbocycles. The van der Waals surface area contributed by atoms with Crippen LogP contribution in [0, 0.1) is 11.3 Å². The first-order valence-corrected chi connectivity index (χ1v) is 8.28. The topological polar surface area (TPSA) is 84.7 Å². The summed E-state index contributed by atoms with van der Waals surface area (Å²) in [6.45, 7) is 1.54. The molecule has 3 N–H and O–H groups in total. The summed E-state index contributed by atoms with van der Waals surface area (Å²) < 4.78 is 5.36. The fourth-order valence-electron chi connectivity index (χ4n) is 3.53. The lowest BCUT2D eigenvalue weighted by Gasteiger charge is -2.37. The molecule has 1 heterocycles. The quantitative estimate of drug-likeness (QED) is 0.792. The van der Waals surface area contributed by atoms with Crippen molar-refractivity contribution in [2.45, 2.75) is 44.6 Å². The van der Waals surface area contributed by atoms with E-state index in [9.17, 15) is 9.59 Å².